The van der Waals surface area contributed by atoms with Gasteiger partial charge in [0.25, 0.3) is 0 Å². The summed E-state index contributed by atoms with van der Waals surface area (Å²) in [4.78, 5) is 0. The third-order valence-corrected chi connectivity index (χ3v) is 6.66. The summed E-state index contributed by atoms with van der Waals surface area (Å²) in [6, 6.07) is 11.2. The Morgan fingerprint density at radius 2 is 1.94 bits per heavy atom. The lowest BCUT2D eigenvalue weighted by Crippen LogP contribution is -2.02. The first-order valence-electron chi connectivity index (χ1n) is 7.20. The largest absolute Gasteiger partial charge is 0.0750 e. The minimum Gasteiger partial charge on any atom is -0.0750 e. The van der Waals surface area contributed by atoms with E-state index < -0.39 is 0 Å². The Balaban J connectivity index is 1.72. The molecule has 2 unspecified atom stereocenters. The maximum absolute atomic E-state index is 2.34. The van der Waals surface area contributed by atoms with Crippen molar-refractivity contribution < 1.29 is 0 Å². The Hall–Kier alpha value is -0.350. The van der Waals surface area contributed by atoms with E-state index in [4.69, 9.17) is 0 Å². The number of hydrogen-bond acceptors (Lipinski definition) is 0. The maximum atomic E-state index is 2.34. The smallest absolute Gasteiger partial charge is 0.0240 e. The fraction of sp³-hybridized carbons (Fsp3) is 0.625. The lowest BCUT2D eigenvalue weighted by Gasteiger charge is -2.12. The van der Waals surface area contributed by atoms with E-state index in [1.165, 1.54) is 50.8 Å². The molecule has 0 N–H and O–H groups in total. The molecule has 94 valence electrons. The predicted octanol–water partition coefficient (Wildman–Crippen LogP) is 4.78. The Kier molecular flexibility index (Phi) is 5.52. The zero-order valence-corrected chi connectivity index (χ0v) is 12.0. The number of rotatable bonds is 6. The topological polar surface area (TPSA) is 0 Å². The molecule has 1 heterocycles. The van der Waals surface area contributed by atoms with Crippen molar-refractivity contribution in [2.24, 2.45) is 5.92 Å². The van der Waals surface area contributed by atoms with Gasteiger partial charge in [0.05, 0.1) is 0 Å². The van der Waals surface area contributed by atoms with Gasteiger partial charge in [-0.1, -0.05) is 77.3 Å². The van der Waals surface area contributed by atoms with Crippen molar-refractivity contribution in [2.75, 3.05) is 12.3 Å². The van der Waals surface area contributed by atoms with Crippen LogP contribution >= 0.6 is 7.92 Å². The highest BCUT2D eigenvalue weighted by Crippen LogP contribution is 2.46. The second kappa shape index (κ2) is 7.17. The maximum Gasteiger partial charge on any atom is -0.0240 e. The average molecular weight is 248 g/mol. The molecule has 1 aliphatic heterocycles. The summed E-state index contributed by atoms with van der Waals surface area (Å²) in [6.07, 6.45) is 11.7. The van der Waals surface area contributed by atoms with Crippen LogP contribution in [0.2, 0.25) is 0 Å². The summed E-state index contributed by atoms with van der Waals surface area (Å²) in [5.41, 5.74) is 0. The number of benzene rings is 1. The fourth-order valence-corrected chi connectivity index (χ4v) is 5.71. The molecule has 1 heteroatoms. The SMILES string of the molecule is CCCCCCC1CCP(c2ccccc2)C1. The van der Waals surface area contributed by atoms with Crippen LogP contribution in [-0.2, 0) is 0 Å². The lowest BCUT2D eigenvalue weighted by atomic mass is 10.0. The first-order chi connectivity index (χ1) is 8.40. The van der Waals surface area contributed by atoms with E-state index in [1.54, 1.807) is 5.30 Å². The fourth-order valence-electron chi connectivity index (χ4n) is 2.80. The van der Waals surface area contributed by atoms with E-state index in [0.717, 1.165) is 5.92 Å². The molecule has 1 aliphatic rings. The first kappa shape index (κ1) is 13.1. The minimum atomic E-state index is 0.196. The van der Waals surface area contributed by atoms with Crippen LogP contribution in [0, 0.1) is 5.92 Å². The van der Waals surface area contributed by atoms with Crippen molar-refractivity contribution in [1.82, 2.24) is 0 Å². The molecule has 2 atom stereocenters. The summed E-state index contributed by atoms with van der Waals surface area (Å²) in [7, 11) is 0.196. The second-order valence-corrected chi connectivity index (χ2v) is 7.69. The molecular formula is C16H25P. The van der Waals surface area contributed by atoms with Crippen molar-refractivity contribution in [2.45, 2.75) is 45.4 Å². The molecule has 17 heavy (non-hydrogen) atoms. The van der Waals surface area contributed by atoms with Crippen molar-refractivity contribution in [3.63, 3.8) is 0 Å². The van der Waals surface area contributed by atoms with Gasteiger partial charge in [0.1, 0.15) is 0 Å². The Morgan fingerprint density at radius 1 is 1.12 bits per heavy atom. The van der Waals surface area contributed by atoms with Crippen molar-refractivity contribution in [3.8, 4) is 0 Å². The van der Waals surface area contributed by atoms with E-state index in [1.807, 2.05) is 0 Å². The standard InChI is InChI=1S/C16H25P/c1-2-3-4-6-9-15-12-13-17(14-15)16-10-7-5-8-11-16/h5,7-8,10-11,15H,2-4,6,9,12-14H2,1H3. The molecule has 0 spiro atoms. The predicted molar refractivity (Wildman–Crippen MR) is 79.6 cm³/mol. The molecule has 0 aliphatic carbocycles. The average Bonchev–Trinajstić information content (AvgIpc) is 2.85. The normalized spacial score (nSPS) is 24.1. The third kappa shape index (κ3) is 4.11. The molecule has 0 saturated carbocycles. The van der Waals surface area contributed by atoms with Crippen LogP contribution in [0.4, 0.5) is 0 Å². The van der Waals surface area contributed by atoms with Crippen LogP contribution in [0.5, 0.6) is 0 Å². The van der Waals surface area contributed by atoms with E-state index >= 15 is 0 Å². The van der Waals surface area contributed by atoms with Crippen LogP contribution < -0.4 is 5.30 Å². The van der Waals surface area contributed by atoms with Crippen LogP contribution in [0.25, 0.3) is 0 Å². The highest BCUT2D eigenvalue weighted by Gasteiger charge is 2.24. The summed E-state index contributed by atoms with van der Waals surface area (Å²) in [5, 5.41) is 1.64. The molecule has 1 aromatic rings. The monoisotopic (exact) mass is 248 g/mol. The van der Waals surface area contributed by atoms with Gasteiger partial charge in [0, 0.05) is 0 Å². The molecule has 1 aromatic carbocycles. The highest BCUT2D eigenvalue weighted by molar-refractivity contribution is 7.65. The van der Waals surface area contributed by atoms with Gasteiger partial charge in [-0.15, -0.1) is 0 Å². The highest BCUT2D eigenvalue weighted by atomic mass is 31.1. The molecule has 0 radical (unpaired) electrons. The molecule has 0 nitrogen and oxygen atoms in total. The quantitative estimate of drug-likeness (QED) is 0.502. The van der Waals surface area contributed by atoms with Crippen molar-refractivity contribution in [1.29, 1.82) is 0 Å². The Labute approximate surface area is 108 Å². The minimum absolute atomic E-state index is 0.196. The van der Waals surface area contributed by atoms with E-state index in [9.17, 15) is 0 Å². The van der Waals surface area contributed by atoms with Gasteiger partial charge in [-0.05, 0) is 30.0 Å². The Morgan fingerprint density at radius 3 is 2.71 bits per heavy atom. The van der Waals surface area contributed by atoms with E-state index in [2.05, 4.69) is 37.3 Å². The van der Waals surface area contributed by atoms with E-state index in [0.29, 0.717) is 0 Å². The zero-order chi connectivity index (χ0) is 11.9. The Bertz CT molecular complexity index is 307. The first-order valence-corrected chi connectivity index (χ1v) is 8.91. The molecule has 1 fully saturated rings. The van der Waals surface area contributed by atoms with Crippen LogP contribution in [0.15, 0.2) is 30.3 Å². The molecule has 0 amide bonds. The van der Waals surface area contributed by atoms with Gasteiger partial charge < -0.3 is 0 Å². The number of unbranched alkanes of at least 4 members (excludes halogenated alkanes) is 3. The summed E-state index contributed by atoms with van der Waals surface area (Å²) < 4.78 is 0. The second-order valence-electron chi connectivity index (χ2n) is 5.29. The molecule has 0 aromatic heterocycles. The summed E-state index contributed by atoms with van der Waals surface area (Å²) >= 11 is 0. The summed E-state index contributed by atoms with van der Waals surface area (Å²) in [5.74, 6) is 1.04. The van der Waals surface area contributed by atoms with Crippen molar-refractivity contribution in [3.05, 3.63) is 30.3 Å². The third-order valence-electron chi connectivity index (χ3n) is 3.87. The van der Waals surface area contributed by atoms with Gasteiger partial charge in [-0.3, -0.25) is 0 Å². The molecule has 0 bridgehead atoms. The molecule has 1 saturated heterocycles. The van der Waals surface area contributed by atoms with E-state index in [-0.39, 0.29) is 7.92 Å². The van der Waals surface area contributed by atoms with Crippen LogP contribution in [-0.4, -0.2) is 12.3 Å². The van der Waals surface area contributed by atoms with Gasteiger partial charge in [0.2, 0.25) is 0 Å². The zero-order valence-electron chi connectivity index (χ0n) is 11.1. The molecular weight excluding hydrogens is 223 g/mol. The van der Waals surface area contributed by atoms with Gasteiger partial charge in [-0.2, -0.15) is 0 Å². The van der Waals surface area contributed by atoms with Gasteiger partial charge in [0.15, 0.2) is 0 Å². The summed E-state index contributed by atoms with van der Waals surface area (Å²) in [6.45, 7) is 2.30. The number of hydrogen-bond donors (Lipinski definition) is 0. The van der Waals surface area contributed by atoms with Gasteiger partial charge in [-0.25, -0.2) is 0 Å². The van der Waals surface area contributed by atoms with Crippen molar-refractivity contribution >= 4 is 13.2 Å². The lowest BCUT2D eigenvalue weighted by molar-refractivity contribution is 0.498. The van der Waals surface area contributed by atoms with Crippen LogP contribution in [0.3, 0.4) is 0 Å². The van der Waals surface area contributed by atoms with Crippen LogP contribution in [0.1, 0.15) is 45.4 Å². The van der Waals surface area contributed by atoms with Gasteiger partial charge >= 0.3 is 0 Å². The molecule has 2 rings (SSSR count).